The van der Waals surface area contributed by atoms with Crippen LogP contribution in [-0.4, -0.2) is 5.91 Å². The molecule has 0 aliphatic heterocycles. The number of carbonyl (C=O) groups excluding carboxylic acids is 1. The number of nitrogens with one attached hydrogen (secondary N) is 1. The highest BCUT2D eigenvalue weighted by atomic mass is 16.4. The van der Waals surface area contributed by atoms with Crippen molar-refractivity contribution in [2.24, 2.45) is 5.41 Å². The molecule has 78 valence electrons. The zero-order valence-electron chi connectivity index (χ0n) is 8.54. The molecule has 15 heavy (non-hydrogen) atoms. The lowest BCUT2D eigenvalue weighted by molar-refractivity contribution is -0.126. The third kappa shape index (κ3) is 1.61. The maximum atomic E-state index is 11.8. The minimum absolute atomic E-state index is 0.245. The third-order valence-electron chi connectivity index (χ3n) is 2.83. The van der Waals surface area contributed by atoms with Crippen LogP contribution in [0.25, 0.3) is 0 Å². The molecule has 0 radical (unpaired) electrons. The van der Waals surface area contributed by atoms with Crippen LogP contribution in [0.3, 0.4) is 0 Å². The normalized spacial score (nSPS) is 17.6. The van der Waals surface area contributed by atoms with Crippen molar-refractivity contribution in [2.45, 2.75) is 26.2 Å². The number of aryl methyl sites for hydroxylation is 1. The first-order valence-electron chi connectivity index (χ1n) is 4.95. The molecule has 1 aromatic heterocycles. The summed E-state index contributed by atoms with van der Waals surface area (Å²) in [6.07, 6.45) is 2.24. The molecular formula is C11H12N2O2. The van der Waals surface area contributed by atoms with E-state index in [-0.39, 0.29) is 5.91 Å². The molecule has 0 bridgehead atoms. The highest BCUT2D eigenvalue weighted by molar-refractivity contribution is 5.96. The summed E-state index contributed by atoms with van der Waals surface area (Å²) in [5.74, 6) is 0.912. The number of furan rings is 1. The Morgan fingerprint density at radius 3 is 2.73 bits per heavy atom. The van der Waals surface area contributed by atoms with Gasteiger partial charge in [0.2, 0.25) is 5.91 Å². The lowest BCUT2D eigenvalue weighted by atomic mass is 9.69. The lowest BCUT2D eigenvalue weighted by Crippen LogP contribution is -2.40. The lowest BCUT2D eigenvalue weighted by Gasteiger charge is -2.32. The van der Waals surface area contributed by atoms with Crippen LogP contribution in [0.5, 0.6) is 0 Å². The molecule has 0 unspecified atom stereocenters. The largest absolute Gasteiger partial charge is 0.446 e. The van der Waals surface area contributed by atoms with Crippen molar-refractivity contribution >= 4 is 11.8 Å². The summed E-state index contributed by atoms with van der Waals surface area (Å²) < 4.78 is 5.22. The van der Waals surface area contributed by atoms with Crippen LogP contribution in [0, 0.1) is 23.7 Å². The molecule has 4 nitrogen and oxygen atoms in total. The van der Waals surface area contributed by atoms with Gasteiger partial charge in [0.05, 0.1) is 6.07 Å². The van der Waals surface area contributed by atoms with E-state index in [0.29, 0.717) is 18.7 Å². The maximum absolute atomic E-state index is 11.8. The van der Waals surface area contributed by atoms with Crippen LogP contribution >= 0.6 is 0 Å². The van der Waals surface area contributed by atoms with Crippen LogP contribution in [0.2, 0.25) is 0 Å². The fourth-order valence-electron chi connectivity index (χ4n) is 1.65. The predicted molar refractivity (Wildman–Crippen MR) is 54.0 cm³/mol. The molecule has 1 heterocycles. The number of carbonyl (C=O) groups is 1. The van der Waals surface area contributed by atoms with Gasteiger partial charge in [0, 0.05) is 6.07 Å². The van der Waals surface area contributed by atoms with Gasteiger partial charge in [0.25, 0.3) is 0 Å². The molecule has 1 aliphatic carbocycles. The smallest absolute Gasteiger partial charge is 0.247 e. The zero-order valence-corrected chi connectivity index (χ0v) is 8.54. The van der Waals surface area contributed by atoms with E-state index in [1.807, 2.05) is 0 Å². The quantitative estimate of drug-likeness (QED) is 0.803. The summed E-state index contributed by atoms with van der Waals surface area (Å²) in [7, 11) is 0. The zero-order chi connectivity index (χ0) is 10.9. The van der Waals surface area contributed by atoms with E-state index in [9.17, 15) is 4.79 Å². The minimum Gasteiger partial charge on any atom is -0.446 e. The second-order valence-electron chi connectivity index (χ2n) is 3.91. The Balaban J connectivity index is 2.07. The average Bonchev–Trinajstić information content (AvgIpc) is 2.50. The van der Waals surface area contributed by atoms with Gasteiger partial charge in [-0.25, -0.2) is 0 Å². The molecule has 1 aliphatic rings. The van der Waals surface area contributed by atoms with Gasteiger partial charge < -0.3 is 4.42 Å². The molecule has 1 amide bonds. The Kier molecular flexibility index (Phi) is 2.24. The SMILES string of the molecule is Cc1ccc(NC(=O)C2(C#N)CCC2)o1. The highest BCUT2D eigenvalue weighted by Crippen LogP contribution is 2.41. The van der Waals surface area contributed by atoms with E-state index in [1.54, 1.807) is 19.1 Å². The Morgan fingerprint density at radius 1 is 1.60 bits per heavy atom. The van der Waals surface area contributed by atoms with Gasteiger partial charge >= 0.3 is 0 Å². The van der Waals surface area contributed by atoms with Gasteiger partial charge in [0.15, 0.2) is 5.88 Å². The number of rotatable bonds is 2. The first kappa shape index (κ1) is 9.78. The van der Waals surface area contributed by atoms with Crippen LogP contribution in [-0.2, 0) is 4.79 Å². The van der Waals surface area contributed by atoms with E-state index in [2.05, 4.69) is 11.4 Å². The second-order valence-corrected chi connectivity index (χ2v) is 3.91. The topological polar surface area (TPSA) is 66.0 Å². The predicted octanol–water partition coefficient (Wildman–Crippen LogP) is 2.22. The van der Waals surface area contributed by atoms with E-state index in [1.165, 1.54) is 0 Å². The minimum atomic E-state index is -0.819. The second kappa shape index (κ2) is 3.43. The number of nitriles is 1. The van der Waals surface area contributed by atoms with Crippen LogP contribution in [0.1, 0.15) is 25.0 Å². The summed E-state index contributed by atoms with van der Waals surface area (Å²) >= 11 is 0. The van der Waals surface area contributed by atoms with Crippen molar-refractivity contribution in [3.8, 4) is 6.07 Å². The summed E-state index contributed by atoms with van der Waals surface area (Å²) in [6.45, 7) is 1.80. The molecular weight excluding hydrogens is 192 g/mol. The number of amides is 1. The number of hydrogen-bond donors (Lipinski definition) is 1. The molecule has 0 saturated heterocycles. The monoisotopic (exact) mass is 204 g/mol. The highest BCUT2D eigenvalue weighted by Gasteiger charge is 2.44. The van der Waals surface area contributed by atoms with Gasteiger partial charge in [0.1, 0.15) is 11.2 Å². The van der Waals surface area contributed by atoms with Crippen LogP contribution in [0.15, 0.2) is 16.5 Å². The van der Waals surface area contributed by atoms with Gasteiger partial charge in [-0.2, -0.15) is 5.26 Å². The van der Waals surface area contributed by atoms with E-state index >= 15 is 0 Å². The van der Waals surface area contributed by atoms with Crippen LogP contribution < -0.4 is 5.32 Å². The number of anilines is 1. The molecule has 1 aromatic rings. The fraction of sp³-hybridized carbons (Fsp3) is 0.455. The van der Waals surface area contributed by atoms with E-state index in [0.717, 1.165) is 12.2 Å². The van der Waals surface area contributed by atoms with Crippen molar-refractivity contribution in [1.82, 2.24) is 0 Å². The van der Waals surface area contributed by atoms with Gasteiger partial charge in [-0.15, -0.1) is 0 Å². The van der Waals surface area contributed by atoms with E-state index in [4.69, 9.17) is 9.68 Å². The third-order valence-corrected chi connectivity index (χ3v) is 2.83. The first-order chi connectivity index (χ1) is 7.16. The standard InChI is InChI=1S/C11H12N2O2/c1-8-3-4-9(15-8)13-10(14)11(7-12)5-2-6-11/h3-4H,2,5-6H2,1H3,(H,13,14). The molecule has 0 spiro atoms. The summed E-state index contributed by atoms with van der Waals surface area (Å²) in [5.41, 5.74) is -0.819. The molecule has 0 atom stereocenters. The van der Waals surface area contributed by atoms with Crippen molar-refractivity contribution in [1.29, 1.82) is 5.26 Å². The average molecular weight is 204 g/mol. The molecule has 4 heteroatoms. The fourth-order valence-corrected chi connectivity index (χ4v) is 1.65. The van der Waals surface area contributed by atoms with Crippen molar-refractivity contribution in [3.05, 3.63) is 17.9 Å². The summed E-state index contributed by atoms with van der Waals surface area (Å²) in [6, 6.07) is 5.55. The van der Waals surface area contributed by atoms with Gasteiger partial charge in [-0.1, -0.05) is 0 Å². The molecule has 2 rings (SSSR count). The number of nitrogens with zero attached hydrogens (tertiary/aromatic N) is 1. The maximum Gasteiger partial charge on any atom is 0.247 e. The van der Waals surface area contributed by atoms with Crippen molar-refractivity contribution in [3.63, 3.8) is 0 Å². The van der Waals surface area contributed by atoms with Crippen molar-refractivity contribution in [2.75, 3.05) is 5.32 Å². The van der Waals surface area contributed by atoms with Gasteiger partial charge in [-0.3, -0.25) is 10.1 Å². The Bertz CT molecular complexity index is 424. The Labute approximate surface area is 87.9 Å². The molecule has 1 N–H and O–H groups in total. The van der Waals surface area contributed by atoms with E-state index < -0.39 is 5.41 Å². The van der Waals surface area contributed by atoms with Crippen molar-refractivity contribution < 1.29 is 9.21 Å². The summed E-state index contributed by atoms with van der Waals surface area (Å²) in [5, 5.41) is 11.6. The van der Waals surface area contributed by atoms with Crippen LogP contribution in [0.4, 0.5) is 5.88 Å². The summed E-state index contributed by atoms with van der Waals surface area (Å²) in [4.78, 5) is 11.8. The number of hydrogen-bond acceptors (Lipinski definition) is 3. The van der Waals surface area contributed by atoms with Gasteiger partial charge in [-0.05, 0) is 32.3 Å². The molecule has 0 aromatic carbocycles. The molecule has 1 fully saturated rings. The first-order valence-corrected chi connectivity index (χ1v) is 4.95. The Morgan fingerprint density at radius 2 is 2.33 bits per heavy atom. The molecule has 1 saturated carbocycles. The Hall–Kier alpha value is -1.76.